The topological polar surface area (TPSA) is 46.8 Å². The van der Waals surface area contributed by atoms with E-state index in [0.29, 0.717) is 0 Å². The third-order valence-corrected chi connectivity index (χ3v) is 4.67. The van der Waals surface area contributed by atoms with E-state index in [1.165, 1.54) is 11.1 Å². The van der Waals surface area contributed by atoms with Crippen LogP contribution in [0.2, 0.25) is 5.02 Å². The molecule has 3 aromatic rings. The normalized spacial score (nSPS) is 17.7. The Balaban J connectivity index is 1.71. The van der Waals surface area contributed by atoms with Crippen molar-refractivity contribution < 1.29 is 0 Å². The molecule has 1 aliphatic heterocycles. The summed E-state index contributed by atoms with van der Waals surface area (Å²) in [7, 11) is 0. The number of hydrogen-bond donors (Lipinski definition) is 0. The van der Waals surface area contributed by atoms with Gasteiger partial charge in [-0.3, -0.25) is 4.90 Å². The maximum atomic E-state index is 6.05. The van der Waals surface area contributed by atoms with Crippen LogP contribution in [0, 0.1) is 6.92 Å². The Morgan fingerprint density at radius 1 is 1.12 bits per heavy atom. The first-order valence-electron chi connectivity index (χ1n) is 8.02. The fraction of sp³-hybridized carbons (Fsp3) is 0.278. The summed E-state index contributed by atoms with van der Waals surface area (Å²) < 4.78 is 1.89. The summed E-state index contributed by atoms with van der Waals surface area (Å²) in [6.07, 6.45) is 0. The van der Waals surface area contributed by atoms with Gasteiger partial charge in [-0.2, -0.15) is 0 Å². The Bertz CT molecular complexity index is 843. The van der Waals surface area contributed by atoms with Gasteiger partial charge < -0.3 is 0 Å². The van der Waals surface area contributed by atoms with Gasteiger partial charge in [0.15, 0.2) is 5.82 Å². The first-order valence-corrected chi connectivity index (χ1v) is 8.39. The second kappa shape index (κ2) is 6.34. The number of nitrogens with zero attached hydrogens (tertiary/aromatic N) is 5. The van der Waals surface area contributed by atoms with Crippen molar-refractivity contribution in [3.63, 3.8) is 0 Å². The summed E-state index contributed by atoms with van der Waals surface area (Å²) in [5.74, 6) is 0.885. The lowest BCUT2D eigenvalue weighted by molar-refractivity contribution is 0.164. The van der Waals surface area contributed by atoms with Crippen molar-refractivity contribution in [2.45, 2.75) is 26.1 Å². The van der Waals surface area contributed by atoms with Crippen molar-refractivity contribution in [2.75, 3.05) is 6.54 Å². The second-order valence-electron chi connectivity index (χ2n) is 6.17. The number of benzene rings is 2. The molecule has 2 aromatic carbocycles. The number of fused-ring (bicyclic) bond motifs is 1. The zero-order chi connectivity index (χ0) is 16.5. The van der Waals surface area contributed by atoms with E-state index in [0.717, 1.165) is 36.0 Å². The van der Waals surface area contributed by atoms with E-state index in [-0.39, 0.29) is 6.04 Å². The fourth-order valence-corrected chi connectivity index (χ4v) is 3.43. The maximum Gasteiger partial charge on any atom is 0.173 e. The first kappa shape index (κ1) is 15.3. The van der Waals surface area contributed by atoms with Crippen molar-refractivity contribution in [3.05, 3.63) is 76.1 Å². The molecule has 122 valence electrons. The van der Waals surface area contributed by atoms with Crippen LogP contribution in [0.1, 0.15) is 28.6 Å². The van der Waals surface area contributed by atoms with Crippen molar-refractivity contribution >= 4 is 11.6 Å². The summed E-state index contributed by atoms with van der Waals surface area (Å²) in [6.45, 7) is 4.69. The average Bonchev–Trinajstić information content (AvgIpc) is 3.04. The molecule has 0 bridgehead atoms. The highest BCUT2D eigenvalue weighted by atomic mass is 35.5. The van der Waals surface area contributed by atoms with Crippen molar-refractivity contribution in [2.24, 2.45) is 0 Å². The summed E-state index contributed by atoms with van der Waals surface area (Å²) >= 11 is 6.05. The number of hydrogen-bond acceptors (Lipinski definition) is 4. The first-order chi connectivity index (χ1) is 11.7. The SMILES string of the molecule is Cc1cccc(CN2CCn3nnnc3C2c2ccc(Cl)cc2)c1. The number of halogens is 1. The van der Waals surface area contributed by atoms with Crippen molar-refractivity contribution in [1.29, 1.82) is 0 Å². The van der Waals surface area contributed by atoms with E-state index in [2.05, 4.69) is 63.7 Å². The smallest absolute Gasteiger partial charge is 0.173 e. The van der Waals surface area contributed by atoms with Crippen molar-refractivity contribution in [3.8, 4) is 0 Å². The lowest BCUT2D eigenvalue weighted by Gasteiger charge is -2.35. The number of aryl methyl sites for hydroxylation is 1. The molecule has 1 aromatic heterocycles. The number of aromatic nitrogens is 4. The molecule has 0 radical (unpaired) electrons. The fourth-order valence-electron chi connectivity index (χ4n) is 3.30. The molecule has 0 fully saturated rings. The van der Waals surface area contributed by atoms with Crippen LogP contribution in [-0.2, 0) is 13.1 Å². The van der Waals surface area contributed by atoms with E-state index >= 15 is 0 Å². The average molecular weight is 340 g/mol. The molecule has 24 heavy (non-hydrogen) atoms. The van der Waals surface area contributed by atoms with Gasteiger partial charge in [-0.05, 0) is 40.6 Å². The Morgan fingerprint density at radius 3 is 2.75 bits per heavy atom. The molecular formula is C18H18ClN5. The highest BCUT2D eigenvalue weighted by Gasteiger charge is 2.31. The Hall–Kier alpha value is -2.24. The molecule has 6 heteroatoms. The van der Waals surface area contributed by atoms with Gasteiger partial charge in [0.1, 0.15) is 0 Å². The van der Waals surface area contributed by atoms with Gasteiger partial charge in [0.05, 0.1) is 12.6 Å². The van der Waals surface area contributed by atoms with Crippen LogP contribution in [-0.4, -0.2) is 31.7 Å². The molecule has 0 saturated heterocycles. The summed E-state index contributed by atoms with van der Waals surface area (Å²) in [5, 5.41) is 13.0. The van der Waals surface area contributed by atoms with Crippen LogP contribution in [0.4, 0.5) is 0 Å². The van der Waals surface area contributed by atoms with E-state index < -0.39 is 0 Å². The minimum atomic E-state index is 0.0338. The molecule has 0 N–H and O–H groups in total. The molecule has 2 heterocycles. The van der Waals surface area contributed by atoms with Crippen LogP contribution in [0.5, 0.6) is 0 Å². The Labute approximate surface area is 145 Å². The molecule has 0 spiro atoms. The molecule has 0 amide bonds. The van der Waals surface area contributed by atoms with Gasteiger partial charge in [-0.1, -0.05) is 53.6 Å². The largest absolute Gasteiger partial charge is 0.284 e. The van der Waals surface area contributed by atoms with Crippen LogP contribution in [0.25, 0.3) is 0 Å². The predicted octanol–water partition coefficient (Wildman–Crippen LogP) is 3.24. The molecule has 5 nitrogen and oxygen atoms in total. The quantitative estimate of drug-likeness (QED) is 0.735. The van der Waals surface area contributed by atoms with Crippen LogP contribution < -0.4 is 0 Å². The third kappa shape index (κ3) is 2.92. The zero-order valence-corrected chi connectivity index (χ0v) is 14.2. The molecule has 0 aliphatic carbocycles. The molecule has 1 unspecified atom stereocenters. The second-order valence-corrected chi connectivity index (χ2v) is 6.61. The minimum absolute atomic E-state index is 0.0338. The maximum absolute atomic E-state index is 6.05. The number of tetrazole rings is 1. The van der Waals surface area contributed by atoms with Gasteiger partial charge in [0, 0.05) is 18.1 Å². The lowest BCUT2D eigenvalue weighted by Crippen LogP contribution is -2.38. The molecule has 1 aliphatic rings. The summed E-state index contributed by atoms with van der Waals surface area (Å²) in [6, 6.07) is 16.6. The standard InChI is InChI=1S/C18H18ClN5/c1-13-3-2-4-14(11-13)12-23-9-10-24-18(20-21-22-24)17(23)15-5-7-16(19)8-6-15/h2-8,11,17H,9-10,12H2,1H3. The van der Waals surface area contributed by atoms with E-state index in [1.54, 1.807) is 0 Å². The van der Waals surface area contributed by atoms with Gasteiger partial charge >= 0.3 is 0 Å². The van der Waals surface area contributed by atoms with Gasteiger partial charge in [-0.15, -0.1) is 5.10 Å². The molecule has 1 atom stereocenters. The molecular weight excluding hydrogens is 322 g/mol. The third-order valence-electron chi connectivity index (χ3n) is 4.42. The van der Waals surface area contributed by atoms with Crippen LogP contribution >= 0.6 is 11.6 Å². The summed E-state index contributed by atoms with van der Waals surface area (Å²) in [4.78, 5) is 2.42. The van der Waals surface area contributed by atoms with E-state index in [4.69, 9.17) is 11.6 Å². The predicted molar refractivity (Wildman–Crippen MR) is 92.7 cm³/mol. The Morgan fingerprint density at radius 2 is 1.96 bits per heavy atom. The van der Waals surface area contributed by atoms with Gasteiger partial charge in [0.25, 0.3) is 0 Å². The molecule has 0 saturated carbocycles. The molecule has 4 rings (SSSR count). The van der Waals surface area contributed by atoms with E-state index in [1.807, 2.05) is 16.8 Å². The van der Waals surface area contributed by atoms with Crippen molar-refractivity contribution in [1.82, 2.24) is 25.1 Å². The van der Waals surface area contributed by atoms with Gasteiger partial charge in [-0.25, -0.2) is 4.68 Å². The number of rotatable bonds is 3. The van der Waals surface area contributed by atoms with E-state index in [9.17, 15) is 0 Å². The highest BCUT2D eigenvalue weighted by Crippen LogP contribution is 2.31. The van der Waals surface area contributed by atoms with Crippen LogP contribution in [0.15, 0.2) is 48.5 Å². The minimum Gasteiger partial charge on any atom is -0.284 e. The summed E-state index contributed by atoms with van der Waals surface area (Å²) in [5.41, 5.74) is 3.73. The highest BCUT2D eigenvalue weighted by molar-refractivity contribution is 6.30. The monoisotopic (exact) mass is 339 g/mol. The lowest BCUT2D eigenvalue weighted by atomic mass is 10.0. The van der Waals surface area contributed by atoms with Crippen LogP contribution in [0.3, 0.4) is 0 Å². The Kier molecular flexibility index (Phi) is 4.04. The van der Waals surface area contributed by atoms with Gasteiger partial charge in [0.2, 0.25) is 0 Å². The zero-order valence-electron chi connectivity index (χ0n) is 13.4.